The molecule has 4 rings (SSSR count). The molecular formula is C18H15FN4O. The second-order valence-electron chi connectivity index (χ2n) is 5.86. The van der Waals surface area contributed by atoms with Crippen LogP contribution in [0.2, 0.25) is 0 Å². The van der Waals surface area contributed by atoms with Crippen LogP contribution >= 0.6 is 0 Å². The van der Waals surface area contributed by atoms with Crippen LogP contribution in [0.4, 0.5) is 4.39 Å². The zero-order chi connectivity index (χ0) is 16.5. The number of aromatic amines is 1. The van der Waals surface area contributed by atoms with E-state index in [4.69, 9.17) is 0 Å². The summed E-state index contributed by atoms with van der Waals surface area (Å²) in [5.41, 5.74) is 2.54. The fraction of sp³-hybridized carbons (Fsp3) is 0.167. The Morgan fingerprint density at radius 3 is 2.96 bits per heavy atom. The fourth-order valence-electron chi connectivity index (χ4n) is 2.46. The molecule has 24 heavy (non-hydrogen) atoms. The van der Waals surface area contributed by atoms with Crippen molar-refractivity contribution in [2.24, 2.45) is 0 Å². The molecule has 0 atom stereocenters. The zero-order valence-corrected chi connectivity index (χ0v) is 12.8. The Morgan fingerprint density at radius 2 is 2.17 bits per heavy atom. The number of hydrogen-bond donors (Lipinski definition) is 2. The van der Waals surface area contributed by atoms with Gasteiger partial charge in [0.2, 0.25) is 0 Å². The van der Waals surface area contributed by atoms with Crippen LogP contribution in [-0.2, 0) is 0 Å². The summed E-state index contributed by atoms with van der Waals surface area (Å²) in [6.45, 7) is 0. The standard InChI is InChI=1S/C18H15FN4O/c19-12-3-1-2-11(8-12)4-7-15-14-9-16(18(24)21-13-5-6-13)20-10-17(14)23-22-15/h1-4,7-10,13H,5-6H2,(H,21,24)(H,22,23)/b7-4+. The molecule has 2 aromatic heterocycles. The first-order valence-electron chi connectivity index (χ1n) is 7.78. The fourth-order valence-corrected chi connectivity index (χ4v) is 2.46. The third-order valence-electron chi connectivity index (χ3n) is 3.90. The Balaban J connectivity index is 1.64. The zero-order valence-electron chi connectivity index (χ0n) is 12.8. The number of H-pyrrole nitrogens is 1. The second kappa shape index (κ2) is 5.88. The van der Waals surface area contributed by atoms with Crippen molar-refractivity contribution in [3.8, 4) is 0 Å². The van der Waals surface area contributed by atoms with Crippen molar-refractivity contribution in [1.82, 2.24) is 20.5 Å². The number of nitrogens with one attached hydrogen (secondary N) is 2. The molecule has 2 N–H and O–H groups in total. The monoisotopic (exact) mass is 322 g/mol. The number of carbonyl (C=O) groups is 1. The van der Waals surface area contributed by atoms with Gasteiger partial charge in [0.1, 0.15) is 11.5 Å². The van der Waals surface area contributed by atoms with Crippen molar-refractivity contribution in [1.29, 1.82) is 0 Å². The van der Waals surface area contributed by atoms with Crippen LogP contribution in [-0.4, -0.2) is 27.1 Å². The molecule has 0 saturated heterocycles. The van der Waals surface area contributed by atoms with Gasteiger partial charge in [0.25, 0.3) is 5.91 Å². The molecule has 0 unspecified atom stereocenters. The topological polar surface area (TPSA) is 70.7 Å². The van der Waals surface area contributed by atoms with E-state index in [1.807, 2.05) is 6.07 Å². The number of halogens is 1. The minimum atomic E-state index is -0.285. The van der Waals surface area contributed by atoms with Gasteiger partial charge in [0, 0.05) is 11.4 Å². The van der Waals surface area contributed by atoms with E-state index in [2.05, 4.69) is 20.5 Å². The first-order valence-corrected chi connectivity index (χ1v) is 7.78. The van der Waals surface area contributed by atoms with Crippen molar-refractivity contribution in [3.63, 3.8) is 0 Å². The molecule has 1 aromatic carbocycles. The summed E-state index contributed by atoms with van der Waals surface area (Å²) in [5.74, 6) is -0.451. The molecule has 5 nitrogen and oxygen atoms in total. The minimum Gasteiger partial charge on any atom is -0.348 e. The lowest BCUT2D eigenvalue weighted by molar-refractivity contribution is 0.0946. The van der Waals surface area contributed by atoms with Crippen LogP contribution < -0.4 is 5.32 Å². The van der Waals surface area contributed by atoms with Gasteiger partial charge in [-0.15, -0.1) is 0 Å². The van der Waals surface area contributed by atoms with E-state index in [9.17, 15) is 9.18 Å². The maximum atomic E-state index is 13.2. The molecule has 1 saturated carbocycles. The lowest BCUT2D eigenvalue weighted by Crippen LogP contribution is -2.26. The quantitative estimate of drug-likeness (QED) is 0.775. The third-order valence-corrected chi connectivity index (χ3v) is 3.90. The number of nitrogens with zero attached hydrogens (tertiary/aromatic N) is 2. The largest absolute Gasteiger partial charge is 0.348 e. The van der Waals surface area contributed by atoms with Gasteiger partial charge in [-0.05, 0) is 42.7 Å². The average molecular weight is 322 g/mol. The number of pyridine rings is 1. The van der Waals surface area contributed by atoms with Crippen LogP contribution in [0.1, 0.15) is 34.6 Å². The molecule has 0 bridgehead atoms. The number of rotatable bonds is 4. The highest BCUT2D eigenvalue weighted by atomic mass is 19.1. The Bertz CT molecular complexity index is 943. The second-order valence-corrected chi connectivity index (χ2v) is 5.86. The van der Waals surface area contributed by atoms with E-state index in [1.165, 1.54) is 12.1 Å². The number of benzene rings is 1. The van der Waals surface area contributed by atoms with Crippen LogP contribution in [0, 0.1) is 5.82 Å². The van der Waals surface area contributed by atoms with Crippen molar-refractivity contribution in [2.75, 3.05) is 0 Å². The van der Waals surface area contributed by atoms with Gasteiger partial charge in [0.05, 0.1) is 17.4 Å². The molecule has 3 aromatic rings. The Morgan fingerprint density at radius 1 is 1.29 bits per heavy atom. The van der Waals surface area contributed by atoms with Crippen LogP contribution in [0.15, 0.2) is 36.5 Å². The highest BCUT2D eigenvalue weighted by Crippen LogP contribution is 2.21. The lowest BCUT2D eigenvalue weighted by atomic mass is 10.1. The number of hydrogen-bond acceptors (Lipinski definition) is 3. The summed E-state index contributed by atoms with van der Waals surface area (Å²) in [7, 11) is 0. The maximum Gasteiger partial charge on any atom is 0.270 e. The maximum absolute atomic E-state index is 13.2. The molecule has 0 radical (unpaired) electrons. The molecule has 1 aliphatic rings. The average Bonchev–Trinajstić information content (AvgIpc) is 3.30. The van der Waals surface area contributed by atoms with Gasteiger partial charge in [-0.3, -0.25) is 9.89 Å². The smallest absolute Gasteiger partial charge is 0.270 e. The van der Waals surface area contributed by atoms with Crippen LogP contribution in [0.3, 0.4) is 0 Å². The van der Waals surface area contributed by atoms with Gasteiger partial charge in [-0.2, -0.15) is 5.10 Å². The van der Waals surface area contributed by atoms with E-state index in [0.717, 1.165) is 29.3 Å². The van der Waals surface area contributed by atoms with Crippen molar-refractivity contribution in [3.05, 3.63) is 59.3 Å². The predicted octanol–water partition coefficient (Wildman–Crippen LogP) is 3.16. The first kappa shape index (κ1) is 14.6. The number of carbonyl (C=O) groups excluding carboxylic acids is 1. The minimum absolute atomic E-state index is 0.166. The highest BCUT2D eigenvalue weighted by Gasteiger charge is 2.24. The number of aromatic nitrogens is 3. The van der Waals surface area contributed by atoms with Crippen LogP contribution in [0.5, 0.6) is 0 Å². The molecule has 120 valence electrons. The van der Waals surface area contributed by atoms with Gasteiger partial charge >= 0.3 is 0 Å². The molecule has 0 aliphatic heterocycles. The third kappa shape index (κ3) is 3.03. The van der Waals surface area contributed by atoms with Crippen molar-refractivity contribution in [2.45, 2.75) is 18.9 Å². The number of fused-ring (bicyclic) bond motifs is 1. The first-order chi connectivity index (χ1) is 11.7. The summed E-state index contributed by atoms with van der Waals surface area (Å²) in [6, 6.07) is 8.32. The Hall–Kier alpha value is -3.02. The lowest BCUT2D eigenvalue weighted by Gasteiger charge is -2.02. The van der Waals surface area contributed by atoms with Gasteiger partial charge in [0.15, 0.2) is 0 Å². The number of amides is 1. The molecule has 6 heteroatoms. The molecule has 2 heterocycles. The summed E-state index contributed by atoms with van der Waals surface area (Å²) >= 11 is 0. The molecule has 0 spiro atoms. The SMILES string of the molecule is O=C(NC1CC1)c1cc2c(/C=C/c3cccc(F)c3)n[nH]c2cn1. The Kier molecular flexibility index (Phi) is 3.57. The molecule has 1 fully saturated rings. The van der Waals surface area contributed by atoms with E-state index in [0.29, 0.717) is 11.4 Å². The van der Waals surface area contributed by atoms with E-state index >= 15 is 0 Å². The highest BCUT2D eigenvalue weighted by molar-refractivity contribution is 5.98. The summed E-state index contributed by atoms with van der Waals surface area (Å²) in [6.07, 6.45) is 7.23. The van der Waals surface area contributed by atoms with Gasteiger partial charge in [-0.1, -0.05) is 18.2 Å². The molecule has 1 amide bonds. The summed E-state index contributed by atoms with van der Waals surface area (Å²) in [5, 5.41) is 10.8. The molecular weight excluding hydrogens is 307 g/mol. The predicted molar refractivity (Wildman–Crippen MR) is 89.7 cm³/mol. The van der Waals surface area contributed by atoms with Crippen molar-refractivity contribution < 1.29 is 9.18 Å². The Labute approximate surface area is 137 Å². The van der Waals surface area contributed by atoms with Crippen molar-refractivity contribution >= 4 is 29.0 Å². The summed E-state index contributed by atoms with van der Waals surface area (Å²) in [4.78, 5) is 16.3. The van der Waals surface area contributed by atoms with E-state index < -0.39 is 0 Å². The van der Waals surface area contributed by atoms with Crippen LogP contribution in [0.25, 0.3) is 23.1 Å². The summed E-state index contributed by atoms with van der Waals surface area (Å²) < 4.78 is 13.2. The van der Waals surface area contributed by atoms with Gasteiger partial charge < -0.3 is 5.32 Å². The van der Waals surface area contributed by atoms with Gasteiger partial charge in [-0.25, -0.2) is 9.37 Å². The molecule has 1 aliphatic carbocycles. The van der Waals surface area contributed by atoms with E-state index in [-0.39, 0.29) is 17.8 Å². The van der Waals surface area contributed by atoms with E-state index in [1.54, 1.807) is 30.5 Å². The normalized spacial score (nSPS) is 14.4.